The summed E-state index contributed by atoms with van der Waals surface area (Å²) in [5.74, 6) is 0.961. The van der Waals surface area contributed by atoms with Crippen LogP contribution < -0.4 is 0 Å². The highest BCUT2D eigenvalue weighted by atomic mass is 16.3. The highest BCUT2D eigenvalue weighted by molar-refractivity contribution is 5.83. The number of hydrogen-bond acceptors (Lipinski definition) is 2. The third-order valence-electron chi connectivity index (χ3n) is 4.57. The lowest BCUT2D eigenvalue weighted by Gasteiger charge is -2.38. The number of piperidine rings is 1. The van der Waals surface area contributed by atoms with Crippen molar-refractivity contribution in [1.82, 2.24) is 4.90 Å². The molecule has 2 rings (SSSR count). The van der Waals surface area contributed by atoms with Crippen LogP contribution in [0.3, 0.4) is 0 Å². The van der Waals surface area contributed by atoms with Crippen molar-refractivity contribution in [3.63, 3.8) is 0 Å². The summed E-state index contributed by atoms with van der Waals surface area (Å²) in [7, 11) is 0. The van der Waals surface area contributed by atoms with Gasteiger partial charge in [-0.25, -0.2) is 0 Å². The fraction of sp³-hybridized carbons (Fsp3) is 0.933. The van der Waals surface area contributed by atoms with E-state index in [1.807, 2.05) is 4.90 Å². The van der Waals surface area contributed by atoms with Crippen molar-refractivity contribution in [2.45, 2.75) is 64.9 Å². The molecule has 3 heteroatoms. The summed E-state index contributed by atoms with van der Waals surface area (Å²) in [6.45, 7) is 5.93. The number of likely N-dealkylation sites (tertiary alicyclic amines) is 1. The van der Waals surface area contributed by atoms with E-state index in [1.165, 1.54) is 12.8 Å². The van der Waals surface area contributed by atoms with Crippen LogP contribution >= 0.6 is 0 Å². The molecule has 0 bridgehead atoms. The van der Waals surface area contributed by atoms with E-state index in [-0.39, 0.29) is 11.5 Å². The van der Waals surface area contributed by atoms with Gasteiger partial charge in [0.2, 0.25) is 5.91 Å². The monoisotopic (exact) mass is 253 g/mol. The molecule has 0 unspecified atom stereocenters. The molecule has 104 valence electrons. The van der Waals surface area contributed by atoms with Gasteiger partial charge in [0.25, 0.3) is 0 Å². The summed E-state index contributed by atoms with van der Waals surface area (Å²) in [5, 5.41) is 9.55. The van der Waals surface area contributed by atoms with Crippen LogP contribution in [-0.2, 0) is 4.79 Å². The third-order valence-corrected chi connectivity index (χ3v) is 4.57. The lowest BCUT2D eigenvalue weighted by molar-refractivity contribution is -0.145. The number of aliphatic hydroxyl groups excluding tert-OH is 1. The number of aliphatic hydroxyl groups is 1. The van der Waals surface area contributed by atoms with Crippen molar-refractivity contribution in [2.75, 3.05) is 13.1 Å². The Morgan fingerprint density at radius 1 is 1.28 bits per heavy atom. The van der Waals surface area contributed by atoms with Crippen LogP contribution in [0.15, 0.2) is 0 Å². The summed E-state index contributed by atoms with van der Waals surface area (Å²) in [6.07, 6.45) is 6.90. The largest absolute Gasteiger partial charge is 0.393 e. The summed E-state index contributed by atoms with van der Waals surface area (Å²) < 4.78 is 0. The number of carbonyl (C=O) groups excluding carboxylic acids is 1. The molecule has 1 saturated carbocycles. The lowest BCUT2D eigenvalue weighted by Crippen LogP contribution is -2.47. The molecular formula is C15H27NO2. The lowest BCUT2D eigenvalue weighted by atomic mass is 9.77. The van der Waals surface area contributed by atoms with Gasteiger partial charge in [0.15, 0.2) is 0 Å². The molecule has 18 heavy (non-hydrogen) atoms. The molecule has 1 N–H and O–H groups in total. The van der Waals surface area contributed by atoms with Crippen LogP contribution in [0.4, 0.5) is 0 Å². The summed E-state index contributed by atoms with van der Waals surface area (Å²) in [4.78, 5) is 14.8. The Hall–Kier alpha value is -0.570. The van der Waals surface area contributed by atoms with Crippen LogP contribution in [0, 0.1) is 11.3 Å². The number of hydrogen-bond donors (Lipinski definition) is 1. The summed E-state index contributed by atoms with van der Waals surface area (Å²) in [5.41, 5.74) is -0.0730. The predicted octanol–water partition coefficient (Wildman–Crippen LogP) is 2.58. The molecule has 3 nitrogen and oxygen atoms in total. The van der Waals surface area contributed by atoms with Gasteiger partial charge < -0.3 is 10.0 Å². The van der Waals surface area contributed by atoms with Gasteiger partial charge in [-0.1, -0.05) is 26.7 Å². The van der Waals surface area contributed by atoms with Gasteiger partial charge in [0, 0.05) is 18.5 Å². The Morgan fingerprint density at radius 2 is 1.83 bits per heavy atom. The molecule has 0 aromatic heterocycles. The van der Waals surface area contributed by atoms with E-state index in [4.69, 9.17) is 0 Å². The van der Waals surface area contributed by atoms with Crippen LogP contribution in [0.5, 0.6) is 0 Å². The molecule has 1 saturated heterocycles. The van der Waals surface area contributed by atoms with E-state index >= 15 is 0 Å². The van der Waals surface area contributed by atoms with E-state index < -0.39 is 0 Å². The molecule has 1 aliphatic carbocycles. The minimum atomic E-state index is -0.196. The molecule has 2 aliphatic rings. The minimum absolute atomic E-state index is 0.0730. The SMILES string of the molecule is CC(C)CC1(C(=O)N2CCC(O)CC2)CCCC1. The van der Waals surface area contributed by atoms with Crippen LogP contribution in [0.25, 0.3) is 0 Å². The molecular weight excluding hydrogens is 226 g/mol. The van der Waals surface area contributed by atoms with Crippen molar-refractivity contribution < 1.29 is 9.90 Å². The van der Waals surface area contributed by atoms with E-state index in [0.717, 1.165) is 45.2 Å². The van der Waals surface area contributed by atoms with E-state index in [9.17, 15) is 9.90 Å². The Kier molecular flexibility index (Phi) is 4.31. The summed E-state index contributed by atoms with van der Waals surface area (Å²) in [6, 6.07) is 0. The van der Waals surface area contributed by atoms with E-state index in [2.05, 4.69) is 13.8 Å². The number of carbonyl (C=O) groups is 1. The molecule has 0 atom stereocenters. The highest BCUT2D eigenvalue weighted by Crippen LogP contribution is 2.44. The first-order valence-corrected chi connectivity index (χ1v) is 7.51. The molecule has 0 aromatic carbocycles. The predicted molar refractivity (Wildman–Crippen MR) is 72.2 cm³/mol. The quantitative estimate of drug-likeness (QED) is 0.840. The Balaban J connectivity index is 2.04. The van der Waals surface area contributed by atoms with Gasteiger partial charge >= 0.3 is 0 Å². The van der Waals surface area contributed by atoms with Crippen molar-refractivity contribution in [3.8, 4) is 0 Å². The van der Waals surface area contributed by atoms with Gasteiger partial charge in [-0.3, -0.25) is 4.79 Å². The molecule has 0 radical (unpaired) electrons. The number of nitrogens with zero attached hydrogens (tertiary/aromatic N) is 1. The first kappa shape index (κ1) is 13.9. The highest BCUT2D eigenvalue weighted by Gasteiger charge is 2.44. The van der Waals surface area contributed by atoms with Gasteiger partial charge in [-0.2, -0.15) is 0 Å². The topological polar surface area (TPSA) is 40.5 Å². The summed E-state index contributed by atoms with van der Waals surface area (Å²) >= 11 is 0. The molecule has 1 amide bonds. The maximum absolute atomic E-state index is 12.8. The van der Waals surface area contributed by atoms with E-state index in [0.29, 0.717) is 11.8 Å². The van der Waals surface area contributed by atoms with Gasteiger partial charge in [-0.05, 0) is 38.0 Å². The van der Waals surface area contributed by atoms with Gasteiger partial charge in [0.1, 0.15) is 0 Å². The second-order valence-electron chi connectivity index (χ2n) is 6.61. The third kappa shape index (κ3) is 2.87. The Morgan fingerprint density at radius 3 is 2.33 bits per heavy atom. The molecule has 0 aromatic rings. The van der Waals surface area contributed by atoms with Crippen molar-refractivity contribution in [1.29, 1.82) is 0 Å². The normalized spacial score (nSPS) is 24.8. The average Bonchev–Trinajstić information content (AvgIpc) is 2.78. The fourth-order valence-corrected chi connectivity index (χ4v) is 3.74. The van der Waals surface area contributed by atoms with Crippen LogP contribution in [0.1, 0.15) is 58.8 Å². The zero-order valence-electron chi connectivity index (χ0n) is 11.8. The van der Waals surface area contributed by atoms with Crippen molar-refractivity contribution >= 4 is 5.91 Å². The Labute approximate surface area is 111 Å². The first-order chi connectivity index (χ1) is 8.53. The zero-order valence-corrected chi connectivity index (χ0v) is 11.8. The maximum atomic E-state index is 12.8. The second kappa shape index (κ2) is 5.60. The van der Waals surface area contributed by atoms with Crippen molar-refractivity contribution in [3.05, 3.63) is 0 Å². The van der Waals surface area contributed by atoms with Gasteiger partial charge in [-0.15, -0.1) is 0 Å². The molecule has 1 aliphatic heterocycles. The smallest absolute Gasteiger partial charge is 0.228 e. The molecule has 1 heterocycles. The zero-order chi connectivity index (χ0) is 13.2. The Bertz CT molecular complexity index is 287. The average molecular weight is 253 g/mol. The van der Waals surface area contributed by atoms with Gasteiger partial charge in [0.05, 0.1) is 6.10 Å². The molecule has 2 fully saturated rings. The first-order valence-electron chi connectivity index (χ1n) is 7.51. The number of rotatable bonds is 3. The van der Waals surface area contributed by atoms with Crippen LogP contribution in [0.2, 0.25) is 0 Å². The second-order valence-corrected chi connectivity index (χ2v) is 6.61. The van der Waals surface area contributed by atoms with Crippen molar-refractivity contribution in [2.24, 2.45) is 11.3 Å². The van der Waals surface area contributed by atoms with Crippen LogP contribution in [-0.4, -0.2) is 35.1 Å². The molecule has 0 spiro atoms. The number of amides is 1. The maximum Gasteiger partial charge on any atom is 0.228 e. The van der Waals surface area contributed by atoms with E-state index in [1.54, 1.807) is 0 Å². The standard InChI is InChI=1S/C15H27NO2/c1-12(2)11-15(7-3-4-8-15)14(18)16-9-5-13(17)6-10-16/h12-13,17H,3-11H2,1-2H3. The minimum Gasteiger partial charge on any atom is -0.393 e. The fourth-order valence-electron chi connectivity index (χ4n) is 3.74.